The summed E-state index contributed by atoms with van der Waals surface area (Å²) in [6.07, 6.45) is 49.0. The summed E-state index contributed by atoms with van der Waals surface area (Å²) in [6, 6.07) is 4.07. The predicted octanol–water partition coefficient (Wildman–Crippen LogP) is 20.3. The number of benzene rings is 1. The van der Waals surface area contributed by atoms with Crippen molar-refractivity contribution in [3.63, 3.8) is 0 Å². The van der Waals surface area contributed by atoms with Crippen LogP contribution in [0.4, 0.5) is 0 Å². The van der Waals surface area contributed by atoms with E-state index in [1.165, 1.54) is 193 Å². The molecule has 0 aliphatic rings. The van der Waals surface area contributed by atoms with E-state index in [1.807, 2.05) is 12.1 Å². The Hall–Kier alpha value is -2.22. The number of rotatable bonds is 48. The number of phenols is 1. The lowest BCUT2D eigenvalue weighted by molar-refractivity contribution is -0.144. The maximum absolute atomic E-state index is 12.1. The van der Waals surface area contributed by atoms with Gasteiger partial charge in [0.15, 0.2) is 0 Å². The monoisotopic (exact) mass is 1040 g/mol. The van der Waals surface area contributed by atoms with Crippen molar-refractivity contribution in [3.8, 4) is 5.75 Å². The van der Waals surface area contributed by atoms with Crippen LogP contribution in [-0.4, -0.2) is 52.8 Å². The minimum absolute atomic E-state index is 0.114. The summed E-state index contributed by atoms with van der Waals surface area (Å²) < 4.78 is 10.6. The fourth-order valence-corrected chi connectivity index (χ4v) is 10.4. The first-order valence-electron chi connectivity index (χ1n) is 31.1. The van der Waals surface area contributed by atoms with Gasteiger partial charge in [0.2, 0.25) is 0 Å². The molecule has 0 aliphatic carbocycles. The molecule has 7 nitrogen and oxygen atoms in total. The average Bonchev–Trinajstić information content (AvgIpc) is 3.34. The molecule has 73 heavy (non-hydrogen) atoms. The lowest BCUT2D eigenvalue weighted by Crippen LogP contribution is -2.20. The quantitative estimate of drug-likeness (QED) is 0.0491. The summed E-state index contributed by atoms with van der Waals surface area (Å²) in [4.78, 5) is 35.7. The van der Waals surface area contributed by atoms with Crippen molar-refractivity contribution < 1.29 is 34.1 Å². The first kappa shape index (κ1) is 70.8. The predicted molar refractivity (Wildman–Crippen MR) is 317 cm³/mol. The Morgan fingerprint density at radius 3 is 1.00 bits per heavy atom. The molecule has 428 valence electrons. The third-order valence-electron chi connectivity index (χ3n) is 14.4. The van der Waals surface area contributed by atoms with Crippen molar-refractivity contribution >= 4 is 29.7 Å². The number of thioether (sulfide) groups is 1. The van der Waals surface area contributed by atoms with Gasteiger partial charge < -0.3 is 19.7 Å². The first-order valence-corrected chi connectivity index (χ1v) is 32.2. The number of aromatic hydroxyl groups is 1. The maximum Gasteiger partial charge on any atom is 0.306 e. The van der Waals surface area contributed by atoms with Crippen molar-refractivity contribution in [2.75, 3.05) is 24.7 Å². The number of carboxylic acid groups (broad SMARTS) is 1. The number of carboxylic acids is 1. The minimum Gasteiger partial charge on any atom is -0.507 e. The van der Waals surface area contributed by atoms with E-state index in [2.05, 4.69) is 62.3 Å². The highest BCUT2D eigenvalue weighted by molar-refractivity contribution is 7.99. The van der Waals surface area contributed by atoms with E-state index < -0.39 is 5.97 Å². The van der Waals surface area contributed by atoms with Gasteiger partial charge in [-0.3, -0.25) is 14.4 Å². The molecule has 0 radical (unpaired) electrons. The van der Waals surface area contributed by atoms with Crippen LogP contribution in [0.5, 0.6) is 5.75 Å². The third kappa shape index (κ3) is 43.6. The average molecular weight is 1050 g/mol. The van der Waals surface area contributed by atoms with E-state index in [0.717, 1.165) is 61.6 Å². The summed E-state index contributed by atoms with van der Waals surface area (Å²) >= 11 is 1.63. The topological polar surface area (TPSA) is 110 Å². The molecular weight excluding hydrogens is 925 g/mol. The van der Waals surface area contributed by atoms with Gasteiger partial charge in [-0.25, -0.2) is 0 Å². The Kier molecular flexibility index (Phi) is 46.7. The third-order valence-corrected chi connectivity index (χ3v) is 15.4. The fraction of sp³-hybridized carbons (Fsp3) is 0.862. The van der Waals surface area contributed by atoms with Gasteiger partial charge in [-0.15, -0.1) is 0 Å². The van der Waals surface area contributed by atoms with Gasteiger partial charge in [0.1, 0.15) is 5.75 Å². The van der Waals surface area contributed by atoms with Crippen molar-refractivity contribution in [2.45, 2.75) is 330 Å². The Labute approximate surface area is 456 Å². The Bertz CT molecular complexity index is 1370. The smallest absolute Gasteiger partial charge is 0.306 e. The van der Waals surface area contributed by atoms with Gasteiger partial charge in [-0.2, -0.15) is 11.8 Å². The molecule has 1 rings (SSSR count). The molecule has 0 bridgehead atoms. The van der Waals surface area contributed by atoms with E-state index >= 15 is 0 Å². The lowest BCUT2D eigenvalue weighted by Gasteiger charge is -2.28. The van der Waals surface area contributed by atoms with Crippen molar-refractivity contribution in [1.82, 2.24) is 0 Å². The fourth-order valence-electron chi connectivity index (χ4n) is 9.60. The molecule has 0 fully saturated rings. The standard InChI is InChI=1S/C35H62O3.C30H58O4S/c1-8-9-10-11-12-13-14-15-16-17-18-19-20-21-22-23-24-29(33(37)38)25-28-26-30(34(2,3)4)32(36)31(27-28)35(5,6)7;1-3-5-7-9-11-13-15-17-19-21-25-33-29(31)23-27-35-28-24-30(32)34-26-22-20-18-16-14-12-10-8-6-4-2/h26-27,29,36H,8-25H2,1-7H3,(H,37,38);3-28H2,1-2H3. The zero-order chi connectivity index (χ0) is 54.3. The summed E-state index contributed by atoms with van der Waals surface area (Å²) in [7, 11) is 0. The highest BCUT2D eigenvalue weighted by Crippen LogP contribution is 2.40. The van der Waals surface area contributed by atoms with E-state index in [4.69, 9.17) is 9.47 Å². The number of carbonyl (C=O) groups excluding carboxylic acids is 2. The summed E-state index contributed by atoms with van der Waals surface area (Å²) in [6.45, 7) is 20.5. The Balaban J connectivity index is 0.00000143. The highest BCUT2D eigenvalue weighted by Gasteiger charge is 2.28. The summed E-state index contributed by atoms with van der Waals surface area (Å²) in [5.74, 6) is 0.485. The number of aliphatic carboxylic acids is 1. The normalized spacial score (nSPS) is 12.1. The second-order valence-corrected chi connectivity index (χ2v) is 25.0. The van der Waals surface area contributed by atoms with Gasteiger partial charge >= 0.3 is 17.9 Å². The molecule has 0 saturated carbocycles. The Morgan fingerprint density at radius 1 is 0.452 bits per heavy atom. The van der Waals surface area contributed by atoms with Gasteiger partial charge in [-0.05, 0) is 53.2 Å². The zero-order valence-corrected chi connectivity index (χ0v) is 50.5. The van der Waals surface area contributed by atoms with Crippen molar-refractivity contribution in [2.24, 2.45) is 5.92 Å². The van der Waals surface area contributed by atoms with Gasteiger partial charge in [0.25, 0.3) is 0 Å². The lowest BCUT2D eigenvalue weighted by atomic mass is 9.77. The molecule has 1 aromatic carbocycles. The number of esters is 2. The van der Waals surface area contributed by atoms with Gasteiger partial charge in [0.05, 0.1) is 32.0 Å². The number of hydrogen-bond acceptors (Lipinski definition) is 7. The number of ether oxygens (including phenoxy) is 2. The van der Waals surface area contributed by atoms with E-state index in [0.29, 0.717) is 49.7 Å². The molecule has 2 N–H and O–H groups in total. The van der Waals surface area contributed by atoms with Crippen LogP contribution in [-0.2, 0) is 41.1 Å². The molecule has 0 saturated heterocycles. The van der Waals surface area contributed by atoms with Gasteiger partial charge in [0, 0.05) is 11.5 Å². The van der Waals surface area contributed by atoms with E-state index in [9.17, 15) is 24.6 Å². The highest BCUT2D eigenvalue weighted by atomic mass is 32.2. The van der Waals surface area contributed by atoms with Crippen LogP contribution in [0.15, 0.2) is 12.1 Å². The van der Waals surface area contributed by atoms with Crippen molar-refractivity contribution in [3.05, 3.63) is 28.8 Å². The van der Waals surface area contributed by atoms with Crippen LogP contribution >= 0.6 is 11.8 Å². The number of phenolic OH excluding ortho intramolecular Hbond substituents is 1. The second-order valence-electron chi connectivity index (χ2n) is 23.8. The molecular formula is C65H120O7S. The first-order chi connectivity index (χ1) is 35.1. The number of carbonyl (C=O) groups is 3. The molecule has 0 amide bonds. The maximum atomic E-state index is 12.1. The molecule has 1 atom stereocenters. The summed E-state index contributed by atoms with van der Waals surface area (Å²) in [5, 5.41) is 20.9. The SMILES string of the molecule is CCCCCCCCCCCCCCCCCCC(Cc1cc(C(C)(C)C)c(O)c(C(C)(C)C)c1)C(=O)O.CCCCCCCCCCCCOC(=O)CCSCCC(=O)OCCCCCCCCCCCC. The number of hydrogen-bond donors (Lipinski definition) is 2. The van der Waals surface area contributed by atoms with Crippen LogP contribution in [0.2, 0.25) is 0 Å². The largest absolute Gasteiger partial charge is 0.507 e. The molecule has 1 unspecified atom stereocenters. The van der Waals surface area contributed by atoms with Crippen LogP contribution in [0, 0.1) is 5.92 Å². The second kappa shape index (κ2) is 48.2. The molecule has 0 heterocycles. The Morgan fingerprint density at radius 2 is 0.726 bits per heavy atom. The van der Waals surface area contributed by atoms with E-state index in [-0.39, 0.29) is 28.7 Å². The zero-order valence-electron chi connectivity index (χ0n) is 49.7. The molecule has 1 aromatic rings. The van der Waals surface area contributed by atoms with Crippen LogP contribution < -0.4 is 0 Å². The van der Waals surface area contributed by atoms with Crippen LogP contribution in [0.25, 0.3) is 0 Å². The molecule has 0 spiro atoms. The molecule has 0 aromatic heterocycles. The molecule has 0 aliphatic heterocycles. The number of unbranched alkanes of at least 4 members (excludes halogenated alkanes) is 33. The molecule has 8 heteroatoms. The summed E-state index contributed by atoms with van der Waals surface area (Å²) in [5.41, 5.74) is 2.44. The minimum atomic E-state index is -0.700. The van der Waals surface area contributed by atoms with E-state index in [1.54, 1.807) is 11.8 Å². The van der Waals surface area contributed by atoms with Crippen molar-refractivity contribution in [1.29, 1.82) is 0 Å². The van der Waals surface area contributed by atoms with Gasteiger partial charge in [-0.1, -0.05) is 293 Å². The van der Waals surface area contributed by atoms with Crippen LogP contribution in [0.3, 0.4) is 0 Å². The van der Waals surface area contributed by atoms with Crippen LogP contribution in [0.1, 0.15) is 329 Å².